The molecule has 1 aliphatic heterocycles. The van der Waals surface area contributed by atoms with Crippen molar-refractivity contribution in [1.29, 1.82) is 0 Å². The topological polar surface area (TPSA) is 78.9 Å². The van der Waals surface area contributed by atoms with E-state index < -0.39 is 23.1 Å². The zero-order valence-corrected chi connectivity index (χ0v) is 19.6. The highest BCUT2D eigenvalue weighted by molar-refractivity contribution is 7.12. The van der Waals surface area contributed by atoms with E-state index in [0.717, 1.165) is 5.56 Å². The molecule has 1 aliphatic rings. The van der Waals surface area contributed by atoms with Gasteiger partial charge in [-0.1, -0.05) is 30.3 Å². The molecule has 10 heteroatoms. The van der Waals surface area contributed by atoms with Gasteiger partial charge in [0.05, 0.1) is 12.5 Å². The van der Waals surface area contributed by atoms with Crippen LogP contribution in [0, 0.1) is 0 Å². The van der Waals surface area contributed by atoms with E-state index >= 15 is 0 Å². The minimum Gasteiger partial charge on any atom is -0.488 e. The Bertz CT molecular complexity index is 1230. The van der Waals surface area contributed by atoms with Gasteiger partial charge in [-0.05, 0) is 48.9 Å². The molecule has 0 unspecified atom stereocenters. The molecule has 6 nitrogen and oxygen atoms in total. The standard InChI is InChI=1S/C25H23F3N2O4S/c1-29-20(13-22(31)32)24(33)30-10-9-16-11-17(7-8-21(16)30)34-14-18-12-19(15-5-3-2-4-6-15)23(35-18)25(26,27)28/h2-8,11-12,20,29H,9-10,13-14H2,1H3,(H,31,32)/t20-/m1/s1. The third kappa shape index (κ3) is 5.49. The molecule has 0 saturated heterocycles. The second-order valence-electron chi connectivity index (χ2n) is 8.08. The number of hydrogen-bond acceptors (Lipinski definition) is 5. The van der Waals surface area contributed by atoms with Crippen LogP contribution in [0.15, 0.2) is 54.6 Å². The Hall–Kier alpha value is -3.37. The Balaban J connectivity index is 1.49. The molecule has 0 spiro atoms. The number of aliphatic carboxylic acids is 1. The summed E-state index contributed by atoms with van der Waals surface area (Å²) in [5, 5.41) is 11.8. The fourth-order valence-corrected chi connectivity index (χ4v) is 5.04. The van der Waals surface area contributed by atoms with Crippen LogP contribution in [-0.4, -0.2) is 36.6 Å². The van der Waals surface area contributed by atoms with E-state index in [9.17, 15) is 22.8 Å². The van der Waals surface area contributed by atoms with Crippen molar-refractivity contribution in [1.82, 2.24) is 5.32 Å². The Morgan fingerprint density at radius 3 is 2.57 bits per heavy atom. The summed E-state index contributed by atoms with van der Waals surface area (Å²) in [6, 6.07) is 14.2. The summed E-state index contributed by atoms with van der Waals surface area (Å²) in [7, 11) is 1.54. The lowest BCUT2D eigenvalue weighted by atomic mass is 10.1. The van der Waals surface area contributed by atoms with Crippen molar-refractivity contribution in [2.45, 2.75) is 31.7 Å². The summed E-state index contributed by atoms with van der Waals surface area (Å²) in [6.45, 7) is 0.387. The average molecular weight is 505 g/mol. The number of nitrogens with one attached hydrogen (secondary N) is 1. The largest absolute Gasteiger partial charge is 0.488 e. The van der Waals surface area contributed by atoms with Crippen LogP contribution < -0.4 is 15.0 Å². The summed E-state index contributed by atoms with van der Waals surface area (Å²) in [5.74, 6) is -0.912. The number of thiophene rings is 1. The molecule has 0 aliphatic carbocycles. The van der Waals surface area contributed by atoms with E-state index in [4.69, 9.17) is 9.84 Å². The van der Waals surface area contributed by atoms with E-state index in [1.807, 2.05) is 0 Å². The van der Waals surface area contributed by atoms with E-state index in [2.05, 4.69) is 5.32 Å². The zero-order chi connectivity index (χ0) is 25.2. The predicted octanol–water partition coefficient (Wildman–Crippen LogP) is 4.96. The fourth-order valence-electron chi connectivity index (χ4n) is 4.08. The molecule has 1 aromatic heterocycles. The molecular formula is C25H23F3N2O4S. The third-order valence-corrected chi connectivity index (χ3v) is 6.90. The molecule has 2 heterocycles. The lowest BCUT2D eigenvalue weighted by molar-refractivity contribution is -0.139. The molecule has 2 N–H and O–H groups in total. The van der Waals surface area contributed by atoms with Crippen LogP contribution in [0.2, 0.25) is 0 Å². The number of benzene rings is 2. The second kappa shape index (κ2) is 10.1. The Morgan fingerprint density at radius 2 is 1.91 bits per heavy atom. The normalized spacial score (nSPS) is 14.0. The highest BCUT2D eigenvalue weighted by Gasteiger charge is 2.36. The minimum atomic E-state index is -4.47. The molecule has 1 atom stereocenters. The molecule has 184 valence electrons. The number of fused-ring (bicyclic) bond motifs is 1. The fraction of sp³-hybridized carbons (Fsp3) is 0.280. The zero-order valence-electron chi connectivity index (χ0n) is 18.8. The van der Waals surface area contributed by atoms with Crippen molar-refractivity contribution >= 4 is 28.9 Å². The van der Waals surface area contributed by atoms with Crippen LogP contribution in [-0.2, 0) is 28.8 Å². The number of ether oxygens (including phenoxy) is 1. The van der Waals surface area contributed by atoms with Gasteiger partial charge >= 0.3 is 12.1 Å². The number of carbonyl (C=O) groups is 2. The summed E-state index contributed by atoms with van der Waals surface area (Å²) >= 11 is 0.663. The number of alkyl halides is 3. The van der Waals surface area contributed by atoms with Crippen LogP contribution in [0.3, 0.4) is 0 Å². The molecule has 3 aromatic rings. The van der Waals surface area contributed by atoms with Crippen molar-refractivity contribution in [2.24, 2.45) is 0 Å². The maximum atomic E-state index is 13.6. The maximum absolute atomic E-state index is 13.6. The molecule has 35 heavy (non-hydrogen) atoms. The van der Waals surface area contributed by atoms with Crippen molar-refractivity contribution < 1.29 is 32.6 Å². The second-order valence-corrected chi connectivity index (χ2v) is 9.21. The molecule has 0 fully saturated rings. The van der Waals surface area contributed by atoms with Gasteiger partial charge in [0.2, 0.25) is 5.91 Å². The van der Waals surface area contributed by atoms with Gasteiger partial charge in [-0.15, -0.1) is 11.3 Å². The monoisotopic (exact) mass is 504 g/mol. The van der Waals surface area contributed by atoms with Crippen molar-refractivity contribution in [2.75, 3.05) is 18.5 Å². The van der Waals surface area contributed by atoms with Crippen molar-refractivity contribution in [3.05, 3.63) is 69.9 Å². The first kappa shape index (κ1) is 24.7. The number of rotatable bonds is 8. The van der Waals surface area contributed by atoms with Gasteiger partial charge in [-0.2, -0.15) is 13.2 Å². The van der Waals surface area contributed by atoms with E-state index in [0.29, 0.717) is 46.2 Å². The SMILES string of the molecule is CN[C@H](CC(=O)O)C(=O)N1CCc2cc(OCc3cc(-c4ccccc4)c(C(F)(F)F)s3)ccc21. The van der Waals surface area contributed by atoms with Crippen molar-refractivity contribution in [3.8, 4) is 16.9 Å². The number of hydrogen-bond donors (Lipinski definition) is 2. The predicted molar refractivity (Wildman–Crippen MR) is 127 cm³/mol. The van der Waals surface area contributed by atoms with Gasteiger partial charge in [0, 0.05) is 22.7 Å². The van der Waals surface area contributed by atoms with Gasteiger partial charge in [0.15, 0.2) is 0 Å². The van der Waals surface area contributed by atoms with Gasteiger partial charge in [-0.3, -0.25) is 9.59 Å². The van der Waals surface area contributed by atoms with Crippen LogP contribution in [0.5, 0.6) is 5.75 Å². The number of nitrogens with zero attached hydrogens (tertiary/aromatic N) is 1. The molecule has 1 amide bonds. The summed E-state index contributed by atoms with van der Waals surface area (Å²) in [5.41, 5.74) is 2.15. The van der Waals surface area contributed by atoms with E-state index in [-0.39, 0.29) is 24.5 Å². The number of halogens is 3. The first-order valence-corrected chi connectivity index (χ1v) is 11.7. The van der Waals surface area contributed by atoms with Gasteiger partial charge in [0.1, 0.15) is 17.2 Å². The van der Waals surface area contributed by atoms with Gasteiger partial charge < -0.3 is 20.1 Å². The van der Waals surface area contributed by atoms with Crippen LogP contribution in [0.1, 0.15) is 21.7 Å². The summed E-state index contributed by atoms with van der Waals surface area (Å²) < 4.78 is 46.6. The highest BCUT2D eigenvalue weighted by atomic mass is 32.1. The Labute approximate surface area is 204 Å². The highest BCUT2D eigenvalue weighted by Crippen LogP contribution is 2.43. The minimum absolute atomic E-state index is 0.0253. The number of likely N-dealkylation sites (N-methyl/N-ethyl adjacent to an activating group) is 1. The Kier molecular flexibility index (Phi) is 7.13. The molecule has 4 rings (SSSR count). The number of amides is 1. The molecule has 2 aromatic carbocycles. The lowest BCUT2D eigenvalue weighted by Crippen LogP contribution is -2.45. The van der Waals surface area contributed by atoms with Crippen LogP contribution >= 0.6 is 11.3 Å². The van der Waals surface area contributed by atoms with Crippen LogP contribution in [0.4, 0.5) is 18.9 Å². The molecular weight excluding hydrogens is 481 g/mol. The van der Waals surface area contributed by atoms with Crippen LogP contribution in [0.25, 0.3) is 11.1 Å². The molecule has 0 bridgehead atoms. The average Bonchev–Trinajstić information content (AvgIpc) is 3.45. The summed E-state index contributed by atoms with van der Waals surface area (Å²) in [4.78, 5) is 25.1. The van der Waals surface area contributed by atoms with E-state index in [1.165, 1.54) is 13.1 Å². The van der Waals surface area contributed by atoms with Crippen molar-refractivity contribution in [3.63, 3.8) is 0 Å². The smallest absolute Gasteiger partial charge is 0.426 e. The molecule has 0 saturated carbocycles. The Morgan fingerprint density at radius 1 is 1.17 bits per heavy atom. The first-order valence-electron chi connectivity index (χ1n) is 10.9. The number of carboxylic acid groups (broad SMARTS) is 1. The third-order valence-electron chi connectivity index (χ3n) is 5.74. The lowest BCUT2D eigenvalue weighted by Gasteiger charge is -2.23. The van der Waals surface area contributed by atoms with Gasteiger partial charge in [0.25, 0.3) is 0 Å². The first-order chi connectivity index (χ1) is 16.7. The molecule has 0 radical (unpaired) electrons. The van der Waals surface area contributed by atoms with Gasteiger partial charge in [-0.25, -0.2) is 0 Å². The number of carbonyl (C=O) groups excluding carboxylic acids is 1. The number of carboxylic acids is 1. The summed E-state index contributed by atoms with van der Waals surface area (Å²) in [6.07, 6.45) is -4.23. The van der Waals surface area contributed by atoms with E-state index in [1.54, 1.807) is 53.4 Å². The quantitative estimate of drug-likeness (QED) is 0.453. The number of anilines is 1. The maximum Gasteiger partial charge on any atom is 0.426 e.